The number of halogens is 1. The summed E-state index contributed by atoms with van der Waals surface area (Å²) in [5, 5.41) is 11.6. The van der Waals surface area contributed by atoms with Gasteiger partial charge in [-0.1, -0.05) is 54.1 Å². The third-order valence-corrected chi connectivity index (χ3v) is 3.70. The normalized spacial score (nSPS) is 11.4. The SMILES string of the molecule is O=C(NC(CC(=O)c1ccccc1Cl)C(=O)O)OCc1ccccc1. The van der Waals surface area contributed by atoms with Crippen molar-refractivity contribution in [3.63, 3.8) is 0 Å². The molecule has 130 valence electrons. The molecule has 2 rings (SSSR count). The summed E-state index contributed by atoms with van der Waals surface area (Å²) < 4.78 is 4.97. The van der Waals surface area contributed by atoms with Gasteiger partial charge in [0.2, 0.25) is 0 Å². The quantitative estimate of drug-likeness (QED) is 0.738. The predicted molar refractivity (Wildman–Crippen MR) is 91.6 cm³/mol. The lowest BCUT2D eigenvalue weighted by Crippen LogP contribution is -2.42. The zero-order valence-electron chi connectivity index (χ0n) is 13.1. The summed E-state index contributed by atoms with van der Waals surface area (Å²) in [6.45, 7) is -0.00251. The number of ketones is 1. The lowest BCUT2D eigenvalue weighted by Gasteiger charge is -2.14. The van der Waals surface area contributed by atoms with Gasteiger partial charge >= 0.3 is 12.1 Å². The van der Waals surface area contributed by atoms with Gasteiger partial charge in [-0.05, 0) is 17.7 Å². The monoisotopic (exact) mass is 361 g/mol. The van der Waals surface area contributed by atoms with Crippen LogP contribution in [-0.2, 0) is 16.1 Å². The average Bonchev–Trinajstić information content (AvgIpc) is 2.60. The van der Waals surface area contributed by atoms with Crippen LogP contribution in [0.25, 0.3) is 0 Å². The van der Waals surface area contributed by atoms with E-state index in [0.29, 0.717) is 0 Å². The fourth-order valence-electron chi connectivity index (χ4n) is 2.09. The van der Waals surface area contributed by atoms with Gasteiger partial charge in [-0.2, -0.15) is 0 Å². The van der Waals surface area contributed by atoms with E-state index in [0.717, 1.165) is 5.56 Å². The van der Waals surface area contributed by atoms with Crippen LogP contribution in [0.5, 0.6) is 0 Å². The second kappa shape index (κ2) is 8.84. The third-order valence-electron chi connectivity index (χ3n) is 3.37. The van der Waals surface area contributed by atoms with E-state index in [1.54, 1.807) is 36.4 Å². The number of alkyl carbamates (subject to hydrolysis) is 1. The molecule has 0 spiro atoms. The first-order valence-electron chi connectivity index (χ1n) is 7.45. The van der Waals surface area contributed by atoms with Crippen molar-refractivity contribution in [1.29, 1.82) is 0 Å². The molecule has 0 bridgehead atoms. The first-order chi connectivity index (χ1) is 12.0. The van der Waals surface area contributed by atoms with Crippen molar-refractivity contribution in [2.75, 3.05) is 0 Å². The number of hydrogen-bond acceptors (Lipinski definition) is 4. The van der Waals surface area contributed by atoms with E-state index in [4.69, 9.17) is 16.3 Å². The van der Waals surface area contributed by atoms with Gasteiger partial charge in [-0.15, -0.1) is 0 Å². The number of benzene rings is 2. The highest BCUT2D eigenvalue weighted by atomic mass is 35.5. The number of Topliss-reactive ketones (excluding diaryl/α,β-unsaturated/α-hetero) is 1. The van der Waals surface area contributed by atoms with Crippen molar-refractivity contribution in [2.24, 2.45) is 0 Å². The Morgan fingerprint density at radius 3 is 2.32 bits per heavy atom. The molecule has 6 nitrogen and oxygen atoms in total. The first-order valence-corrected chi connectivity index (χ1v) is 7.83. The molecule has 0 saturated heterocycles. The number of carboxylic acids is 1. The van der Waals surface area contributed by atoms with E-state index in [9.17, 15) is 19.5 Å². The molecule has 1 atom stereocenters. The van der Waals surface area contributed by atoms with E-state index in [2.05, 4.69) is 5.32 Å². The van der Waals surface area contributed by atoms with Crippen LogP contribution in [-0.4, -0.2) is 29.0 Å². The molecule has 1 amide bonds. The zero-order chi connectivity index (χ0) is 18.2. The van der Waals surface area contributed by atoms with Gasteiger partial charge in [0, 0.05) is 12.0 Å². The summed E-state index contributed by atoms with van der Waals surface area (Å²) in [6, 6.07) is 13.8. The maximum atomic E-state index is 12.2. The molecule has 2 aromatic rings. The van der Waals surface area contributed by atoms with Crippen molar-refractivity contribution >= 4 is 29.4 Å². The molecule has 0 fully saturated rings. The number of rotatable bonds is 7. The number of hydrogen-bond donors (Lipinski definition) is 2. The molecule has 1 unspecified atom stereocenters. The van der Waals surface area contributed by atoms with Crippen molar-refractivity contribution in [2.45, 2.75) is 19.1 Å². The predicted octanol–water partition coefficient (Wildman–Crippen LogP) is 3.29. The van der Waals surface area contributed by atoms with E-state index >= 15 is 0 Å². The van der Waals surface area contributed by atoms with Gasteiger partial charge in [-0.25, -0.2) is 9.59 Å². The van der Waals surface area contributed by atoms with Crippen LogP contribution in [0.3, 0.4) is 0 Å². The highest BCUT2D eigenvalue weighted by Gasteiger charge is 2.25. The van der Waals surface area contributed by atoms with Gasteiger partial charge in [0.25, 0.3) is 0 Å². The van der Waals surface area contributed by atoms with Crippen LogP contribution in [0.15, 0.2) is 54.6 Å². The van der Waals surface area contributed by atoms with Crippen LogP contribution in [0.4, 0.5) is 4.79 Å². The standard InChI is InChI=1S/C18H16ClNO5/c19-14-9-5-4-8-13(14)16(21)10-15(17(22)23)20-18(24)25-11-12-6-2-1-3-7-12/h1-9,15H,10-11H2,(H,20,24)(H,22,23). The fraction of sp³-hybridized carbons (Fsp3) is 0.167. The lowest BCUT2D eigenvalue weighted by atomic mass is 10.0. The highest BCUT2D eigenvalue weighted by molar-refractivity contribution is 6.34. The number of amides is 1. The second-order valence-corrected chi connectivity index (χ2v) is 5.61. The van der Waals surface area contributed by atoms with E-state index in [1.807, 2.05) is 6.07 Å². The molecule has 0 aliphatic carbocycles. The average molecular weight is 362 g/mol. The van der Waals surface area contributed by atoms with Gasteiger partial charge in [0.05, 0.1) is 5.02 Å². The summed E-state index contributed by atoms with van der Waals surface area (Å²) >= 11 is 5.93. The Morgan fingerprint density at radius 2 is 1.68 bits per heavy atom. The Morgan fingerprint density at radius 1 is 1.04 bits per heavy atom. The van der Waals surface area contributed by atoms with Gasteiger partial charge in [-0.3, -0.25) is 4.79 Å². The van der Waals surface area contributed by atoms with Gasteiger partial charge in [0.15, 0.2) is 5.78 Å². The summed E-state index contributed by atoms with van der Waals surface area (Å²) in [7, 11) is 0. The van der Waals surface area contributed by atoms with E-state index in [1.165, 1.54) is 12.1 Å². The Hall–Kier alpha value is -2.86. The Bertz CT molecular complexity index is 763. The maximum Gasteiger partial charge on any atom is 0.408 e. The Kier molecular flexibility index (Phi) is 6.54. The molecule has 25 heavy (non-hydrogen) atoms. The Labute approximate surface area is 149 Å². The second-order valence-electron chi connectivity index (χ2n) is 5.20. The number of aliphatic carboxylic acids is 1. The van der Waals surface area contributed by atoms with E-state index in [-0.39, 0.29) is 17.2 Å². The molecule has 7 heteroatoms. The molecule has 0 saturated carbocycles. The number of carbonyl (C=O) groups excluding carboxylic acids is 2. The number of ether oxygens (including phenoxy) is 1. The minimum absolute atomic E-state index is 0.00251. The molecule has 0 heterocycles. The van der Waals surface area contributed by atoms with Crippen molar-refractivity contribution in [1.82, 2.24) is 5.32 Å². The summed E-state index contributed by atoms with van der Waals surface area (Å²) in [4.78, 5) is 35.3. The van der Waals surface area contributed by atoms with Crippen molar-refractivity contribution < 1.29 is 24.2 Å². The molecule has 0 aliphatic rings. The summed E-state index contributed by atoms with van der Waals surface area (Å²) in [5.74, 6) is -1.82. The number of carboxylic acid groups (broad SMARTS) is 1. The first kappa shape index (κ1) is 18.5. The number of nitrogens with one attached hydrogen (secondary N) is 1. The van der Waals surface area contributed by atoms with E-state index < -0.39 is 30.3 Å². The van der Waals surface area contributed by atoms with Crippen LogP contribution in [0, 0.1) is 0 Å². The van der Waals surface area contributed by atoms with Crippen LogP contribution in [0.2, 0.25) is 5.02 Å². The zero-order valence-corrected chi connectivity index (χ0v) is 13.9. The van der Waals surface area contributed by atoms with Crippen molar-refractivity contribution in [3.8, 4) is 0 Å². The number of carbonyl (C=O) groups is 3. The minimum Gasteiger partial charge on any atom is -0.480 e. The fourth-order valence-corrected chi connectivity index (χ4v) is 2.33. The minimum atomic E-state index is -1.41. The topological polar surface area (TPSA) is 92.7 Å². The van der Waals surface area contributed by atoms with Crippen LogP contribution < -0.4 is 5.32 Å². The molecule has 2 N–H and O–H groups in total. The summed E-state index contributed by atoms with van der Waals surface area (Å²) in [6.07, 6.45) is -1.34. The van der Waals surface area contributed by atoms with Gasteiger partial charge < -0.3 is 15.2 Å². The Balaban J connectivity index is 1.94. The molecular weight excluding hydrogens is 346 g/mol. The smallest absolute Gasteiger partial charge is 0.408 e. The molecule has 0 aliphatic heterocycles. The van der Waals surface area contributed by atoms with Gasteiger partial charge in [0.1, 0.15) is 12.6 Å². The maximum absolute atomic E-state index is 12.2. The van der Waals surface area contributed by atoms with Crippen molar-refractivity contribution in [3.05, 3.63) is 70.7 Å². The highest BCUT2D eigenvalue weighted by Crippen LogP contribution is 2.17. The third kappa shape index (κ3) is 5.61. The summed E-state index contributed by atoms with van der Waals surface area (Å²) in [5.41, 5.74) is 0.964. The molecule has 0 aromatic heterocycles. The lowest BCUT2D eigenvalue weighted by molar-refractivity contribution is -0.139. The van der Waals surface area contributed by atoms with Crippen LogP contribution >= 0.6 is 11.6 Å². The molecular formula is C18H16ClNO5. The molecule has 2 aromatic carbocycles. The largest absolute Gasteiger partial charge is 0.480 e. The van der Waals surface area contributed by atoms with Crippen LogP contribution in [0.1, 0.15) is 22.3 Å². The molecule has 0 radical (unpaired) electrons.